The Kier molecular flexibility index (Phi) is 5.94. The molecular formula is C13H17NO7. The van der Waals surface area contributed by atoms with Crippen LogP contribution in [0.25, 0.3) is 0 Å². The lowest BCUT2D eigenvalue weighted by Crippen LogP contribution is -2.38. The third kappa shape index (κ3) is 4.33. The summed E-state index contributed by atoms with van der Waals surface area (Å²) in [6.45, 7) is 1.06. The molecule has 116 valence electrons. The molecule has 0 saturated heterocycles. The van der Waals surface area contributed by atoms with Crippen LogP contribution in [0.3, 0.4) is 0 Å². The Hall–Kier alpha value is -2.32. The predicted octanol–water partition coefficient (Wildman–Crippen LogP) is 0.0858. The number of nitrogens with two attached hydrogens (primary N) is 1. The Bertz CT molecular complexity index is 517. The van der Waals surface area contributed by atoms with Gasteiger partial charge in [0.05, 0.1) is 14.2 Å². The molecule has 0 bridgehead atoms. The van der Waals surface area contributed by atoms with Crippen molar-refractivity contribution >= 4 is 11.9 Å². The number of benzene rings is 1. The number of rotatable bonds is 5. The molecule has 2 unspecified atom stereocenters. The summed E-state index contributed by atoms with van der Waals surface area (Å²) in [4.78, 5) is 30.3. The van der Waals surface area contributed by atoms with Crippen molar-refractivity contribution in [1.29, 1.82) is 0 Å². The molecule has 0 amide bonds. The van der Waals surface area contributed by atoms with Crippen molar-refractivity contribution in [3.05, 3.63) is 23.8 Å². The van der Waals surface area contributed by atoms with Gasteiger partial charge in [0.25, 0.3) is 0 Å². The van der Waals surface area contributed by atoms with Gasteiger partial charge in [-0.15, -0.1) is 0 Å². The number of hydrogen-bond acceptors (Lipinski definition) is 8. The maximum atomic E-state index is 11.5. The minimum atomic E-state index is -1.43. The number of aliphatic hydroxyl groups excluding tert-OH is 1. The van der Waals surface area contributed by atoms with E-state index in [0.29, 0.717) is 17.1 Å². The molecule has 1 aromatic rings. The van der Waals surface area contributed by atoms with Crippen LogP contribution in [0.15, 0.2) is 18.2 Å². The van der Waals surface area contributed by atoms with Gasteiger partial charge >= 0.3 is 11.9 Å². The van der Waals surface area contributed by atoms with Gasteiger partial charge in [0.15, 0.2) is 11.5 Å². The van der Waals surface area contributed by atoms with Gasteiger partial charge in [-0.3, -0.25) is 0 Å². The van der Waals surface area contributed by atoms with Crippen LogP contribution in [0, 0.1) is 0 Å². The average molecular weight is 299 g/mol. The van der Waals surface area contributed by atoms with E-state index in [9.17, 15) is 14.7 Å². The highest BCUT2D eigenvalue weighted by molar-refractivity contribution is 5.77. The molecule has 1 aromatic carbocycles. The summed E-state index contributed by atoms with van der Waals surface area (Å²) >= 11 is 0. The number of carbonyl (C=O) groups is 2. The molecule has 8 nitrogen and oxygen atoms in total. The smallest absolute Gasteiger partial charge is 0.375 e. The standard InChI is InChI=1S/C13H17NO7/c1-7(15)20-21-13(17)11(14)12(16)8-4-5-9(18-2)10(6-8)19-3/h4-6,11-12,16H,14H2,1-3H3. The summed E-state index contributed by atoms with van der Waals surface area (Å²) in [5.74, 6) is -1.05. The Morgan fingerprint density at radius 3 is 2.29 bits per heavy atom. The van der Waals surface area contributed by atoms with Crippen LogP contribution in [0.4, 0.5) is 0 Å². The van der Waals surface area contributed by atoms with E-state index in [2.05, 4.69) is 9.78 Å². The molecule has 0 saturated carbocycles. The second-order valence-electron chi connectivity index (χ2n) is 4.06. The van der Waals surface area contributed by atoms with Crippen LogP contribution in [-0.4, -0.2) is 37.3 Å². The molecule has 21 heavy (non-hydrogen) atoms. The molecule has 1 rings (SSSR count). The van der Waals surface area contributed by atoms with Gasteiger partial charge in [0.2, 0.25) is 0 Å². The van der Waals surface area contributed by atoms with Gasteiger partial charge in [-0.05, 0) is 17.7 Å². The van der Waals surface area contributed by atoms with E-state index in [1.165, 1.54) is 26.4 Å². The first-order valence-corrected chi connectivity index (χ1v) is 5.95. The monoisotopic (exact) mass is 299 g/mol. The summed E-state index contributed by atoms with van der Waals surface area (Å²) in [6.07, 6.45) is -1.37. The maximum absolute atomic E-state index is 11.5. The van der Waals surface area contributed by atoms with E-state index >= 15 is 0 Å². The molecule has 0 radical (unpaired) electrons. The van der Waals surface area contributed by atoms with Gasteiger partial charge < -0.3 is 20.3 Å². The van der Waals surface area contributed by atoms with Crippen LogP contribution >= 0.6 is 0 Å². The van der Waals surface area contributed by atoms with E-state index in [1.54, 1.807) is 6.07 Å². The minimum Gasteiger partial charge on any atom is -0.493 e. The fourth-order valence-electron chi connectivity index (χ4n) is 1.53. The third-order valence-corrected chi connectivity index (χ3v) is 2.60. The summed E-state index contributed by atoms with van der Waals surface area (Å²) in [5, 5.41) is 10.0. The van der Waals surface area contributed by atoms with E-state index in [1.807, 2.05) is 0 Å². The van der Waals surface area contributed by atoms with Gasteiger partial charge in [0.1, 0.15) is 12.1 Å². The second kappa shape index (κ2) is 7.46. The van der Waals surface area contributed by atoms with Crippen molar-refractivity contribution < 1.29 is 33.9 Å². The quantitative estimate of drug-likeness (QED) is 0.580. The molecule has 0 spiro atoms. The Labute approximate surface area is 121 Å². The first-order chi connectivity index (χ1) is 9.90. The first kappa shape index (κ1) is 16.7. The molecule has 0 aliphatic carbocycles. The van der Waals surface area contributed by atoms with E-state index in [0.717, 1.165) is 6.92 Å². The number of aliphatic hydroxyl groups is 1. The van der Waals surface area contributed by atoms with Crippen molar-refractivity contribution in [3.8, 4) is 11.5 Å². The molecule has 0 fully saturated rings. The van der Waals surface area contributed by atoms with Crippen molar-refractivity contribution in [2.24, 2.45) is 5.73 Å². The zero-order valence-corrected chi connectivity index (χ0v) is 11.9. The lowest BCUT2D eigenvalue weighted by atomic mass is 10.0. The normalized spacial score (nSPS) is 13.0. The molecule has 0 aliphatic rings. The van der Waals surface area contributed by atoms with Crippen molar-refractivity contribution in [1.82, 2.24) is 0 Å². The Balaban J connectivity index is 2.84. The Morgan fingerprint density at radius 1 is 1.14 bits per heavy atom. The molecule has 2 atom stereocenters. The summed E-state index contributed by atoms with van der Waals surface area (Å²) < 4.78 is 10.1. The highest BCUT2D eigenvalue weighted by atomic mass is 17.2. The summed E-state index contributed by atoms with van der Waals surface area (Å²) in [6, 6.07) is 3.12. The summed E-state index contributed by atoms with van der Waals surface area (Å²) in [7, 11) is 2.90. The number of ether oxygens (including phenoxy) is 2. The predicted molar refractivity (Wildman–Crippen MR) is 70.3 cm³/mol. The fraction of sp³-hybridized carbons (Fsp3) is 0.385. The number of carbonyl (C=O) groups excluding carboxylic acids is 2. The van der Waals surface area contributed by atoms with Crippen LogP contribution in [0.2, 0.25) is 0 Å². The lowest BCUT2D eigenvalue weighted by Gasteiger charge is -2.18. The largest absolute Gasteiger partial charge is 0.493 e. The number of methoxy groups -OCH3 is 2. The molecule has 8 heteroatoms. The van der Waals surface area contributed by atoms with Gasteiger partial charge in [-0.2, -0.15) is 0 Å². The second-order valence-corrected chi connectivity index (χ2v) is 4.06. The van der Waals surface area contributed by atoms with E-state index < -0.39 is 24.1 Å². The van der Waals surface area contributed by atoms with Gasteiger partial charge in [-0.1, -0.05) is 6.07 Å². The molecule has 0 aromatic heterocycles. The van der Waals surface area contributed by atoms with Crippen LogP contribution in [0.1, 0.15) is 18.6 Å². The van der Waals surface area contributed by atoms with Crippen molar-refractivity contribution in [3.63, 3.8) is 0 Å². The fourth-order valence-corrected chi connectivity index (χ4v) is 1.53. The topological polar surface area (TPSA) is 117 Å². The minimum absolute atomic E-state index is 0.319. The molecule has 3 N–H and O–H groups in total. The first-order valence-electron chi connectivity index (χ1n) is 5.95. The molecular weight excluding hydrogens is 282 g/mol. The third-order valence-electron chi connectivity index (χ3n) is 2.60. The number of hydrogen-bond donors (Lipinski definition) is 2. The maximum Gasteiger partial charge on any atom is 0.375 e. The molecule has 0 aliphatic heterocycles. The van der Waals surface area contributed by atoms with Crippen LogP contribution < -0.4 is 15.2 Å². The summed E-state index contributed by atoms with van der Waals surface area (Å²) in [5.41, 5.74) is 5.87. The average Bonchev–Trinajstić information content (AvgIpc) is 2.50. The van der Waals surface area contributed by atoms with Crippen LogP contribution in [0.5, 0.6) is 11.5 Å². The zero-order chi connectivity index (χ0) is 16.0. The van der Waals surface area contributed by atoms with Crippen molar-refractivity contribution in [2.75, 3.05) is 14.2 Å². The van der Waals surface area contributed by atoms with Crippen molar-refractivity contribution in [2.45, 2.75) is 19.1 Å². The van der Waals surface area contributed by atoms with Crippen LogP contribution in [-0.2, 0) is 19.4 Å². The lowest BCUT2D eigenvalue weighted by molar-refractivity contribution is -0.259. The zero-order valence-electron chi connectivity index (χ0n) is 11.9. The van der Waals surface area contributed by atoms with E-state index in [4.69, 9.17) is 15.2 Å². The SMILES string of the molecule is COc1ccc(C(O)C(N)C(=O)OOC(C)=O)cc1OC. The van der Waals surface area contributed by atoms with E-state index in [-0.39, 0.29) is 0 Å². The van der Waals surface area contributed by atoms with Gasteiger partial charge in [0, 0.05) is 6.92 Å². The molecule has 0 heterocycles. The Morgan fingerprint density at radius 2 is 1.76 bits per heavy atom. The highest BCUT2D eigenvalue weighted by Gasteiger charge is 2.28. The van der Waals surface area contributed by atoms with Gasteiger partial charge in [-0.25, -0.2) is 19.4 Å². The highest BCUT2D eigenvalue weighted by Crippen LogP contribution is 2.30.